The summed E-state index contributed by atoms with van der Waals surface area (Å²) in [6.07, 6.45) is 1.52. The zero-order valence-electron chi connectivity index (χ0n) is 72.2. The van der Waals surface area contributed by atoms with Crippen LogP contribution in [0.2, 0.25) is 0 Å². The van der Waals surface area contributed by atoms with Crippen molar-refractivity contribution in [1.29, 1.82) is 0 Å². The van der Waals surface area contributed by atoms with E-state index in [2.05, 4.69) is 43.6 Å². The molecular formula is C90H130N4O26. The molecule has 3 aliphatic rings. The van der Waals surface area contributed by atoms with Crippen molar-refractivity contribution in [2.75, 3.05) is 145 Å². The van der Waals surface area contributed by atoms with E-state index in [4.69, 9.17) is 75.8 Å². The predicted octanol–water partition coefficient (Wildman–Crippen LogP) is 10.2. The third kappa shape index (κ3) is 30.9. The van der Waals surface area contributed by atoms with Crippen molar-refractivity contribution in [3.05, 3.63) is 125 Å². The first-order chi connectivity index (χ1) is 57.7. The number of nitrogens with one attached hydrogen (secondary N) is 3. The zero-order valence-corrected chi connectivity index (χ0v) is 72.2. The van der Waals surface area contributed by atoms with E-state index in [1.165, 1.54) is 20.8 Å². The van der Waals surface area contributed by atoms with Crippen LogP contribution < -0.4 is 25.4 Å². The Labute approximate surface area is 706 Å². The monoisotopic (exact) mass is 1680 g/mol. The molecule has 0 spiro atoms. The molecule has 12 atom stereocenters. The summed E-state index contributed by atoms with van der Waals surface area (Å²) in [7, 11) is 3.26. The molecule has 120 heavy (non-hydrogen) atoms. The fourth-order valence-corrected chi connectivity index (χ4v) is 15.2. The van der Waals surface area contributed by atoms with Gasteiger partial charge in [0.25, 0.3) is 0 Å². The average molecular weight is 1680 g/mol. The molecule has 3 fully saturated rings. The summed E-state index contributed by atoms with van der Waals surface area (Å²) in [6, 6.07) is 29.1. The first-order valence-corrected chi connectivity index (χ1v) is 42.1. The number of methoxy groups -OCH3 is 2. The van der Waals surface area contributed by atoms with Crippen LogP contribution in [0.3, 0.4) is 0 Å². The number of amides is 4. The summed E-state index contributed by atoms with van der Waals surface area (Å²) in [4.78, 5) is 117. The third-order valence-electron chi connectivity index (χ3n) is 22.2. The molecule has 0 aliphatic carbocycles. The fraction of sp³-hybridized carbons (Fsp3) is 0.633. The summed E-state index contributed by atoms with van der Waals surface area (Å²) in [5.41, 5.74) is 1.14. The topological polar surface area (TPSA) is 361 Å². The molecule has 4 N–H and O–H groups in total. The van der Waals surface area contributed by atoms with Gasteiger partial charge in [0.1, 0.15) is 35.9 Å². The van der Waals surface area contributed by atoms with E-state index in [9.17, 15) is 48.3 Å². The van der Waals surface area contributed by atoms with Crippen LogP contribution in [0.1, 0.15) is 190 Å². The lowest BCUT2D eigenvalue weighted by molar-refractivity contribution is -0.279. The van der Waals surface area contributed by atoms with E-state index in [1.54, 1.807) is 32.4 Å². The average Bonchev–Trinajstić information content (AvgIpc) is 1.43. The Hall–Kier alpha value is -8.37. The Morgan fingerprint density at radius 1 is 0.492 bits per heavy atom. The largest absolute Gasteiger partial charge is 0.497 e. The minimum absolute atomic E-state index is 0.0244. The number of carbonyl (C=O) groups excluding carboxylic acids is 9. The minimum atomic E-state index is -1.26. The second kappa shape index (κ2) is 51.5. The van der Waals surface area contributed by atoms with Crippen LogP contribution >= 0.6 is 0 Å². The van der Waals surface area contributed by atoms with Gasteiger partial charge in [-0.2, -0.15) is 0 Å². The van der Waals surface area contributed by atoms with Gasteiger partial charge in [-0.1, -0.05) is 115 Å². The molecule has 4 unspecified atom stereocenters. The molecule has 4 aromatic carbocycles. The standard InChI is InChI=1S/C90H130N4O26/c1-13-78-61(2)62(3)82(91-63(4)96)86(119-78)113-51-49-111-47-45-109-43-41-107-39-23-27-76(101)68-53-69(77(102)28-24-40-108-42-44-110-46-48-112-50-52-114-87-83(92-64(5)97)85(118-67(8)100)84(117-66(7)99)79(120-87)56-115-65(6)98)55-73(54-68)93-80(103)29-21-16-14-15-17-22-30-81(104)94-57-88(9,59-95)89(10,58-94)60-116-90(70-25-19-18-20-26-70,71-31-35-74(105-11)36-32-71)72-33-37-75(106-12)38-34-72/h18-20,25-26,31-38,53-55,61-62,78-79,82-87,95H,13-17,21-24,27-30,39-52,56-60H2,1-12H3,(H,91,96)(H,92,97)(H,93,103)/t61-,62+,78-,79-,82-,83-,84+,85-,86?,87?,88?,89?/m1/s1. The SMILES string of the molecule is CC[C@H]1OC(OCCOCCOCCOCCCC(=O)c2cc(NC(=O)CCCCCCCCC(=O)N3CC(C)(CO)C(C)(COC(c4ccccc4)(c4ccc(OC)cc4)c4ccc(OC)cc4)C3)cc(C(=O)CCCOCCOCCOCCOC3O[C@H](COC(C)=O)[C@H](OC(C)=O)[C@H](OC(C)=O)[C@H]3NC(C)=O)c2)[C@H](NC(C)=O)[C@@H](C)[C@H]1C. The van der Waals surface area contributed by atoms with Gasteiger partial charge >= 0.3 is 17.9 Å². The summed E-state index contributed by atoms with van der Waals surface area (Å²) in [5, 5.41) is 19.7. The molecule has 3 aliphatic heterocycles. The second-order valence-electron chi connectivity index (χ2n) is 31.4. The summed E-state index contributed by atoms with van der Waals surface area (Å²) >= 11 is 0. The van der Waals surface area contributed by atoms with Gasteiger partial charge in [-0.25, -0.2) is 0 Å². The molecule has 4 aromatic rings. The van der Waals surface area contributed by atoms with Gasteiger partial charge in [-0.3, -0.25) is 43.2 Å². The molecule has 0 saturated carbocycles. The molecule has 0 aromatic heterocycles. The Bertz CT molecular complexity index is 3770. The quantitative estimate of drug-likeness (QED) is 0.0105. The van der Waals surface area contributed by atoms with Crippen molar-refractivity contribution in [2.45, 2.75) is 207 Å². The van der Waals surface area contributed by atoms with Crippen molar-refractivity contribution in [3.8, 4) is 11.5 Å². The van der Waals surface area contributed by atoms with E-state index in [0.717, 1.165) is 62.6 Å². The van der Waals surface area contributed by atoms with Crippen LogP contribution in [0.5, 0.6) is 11.5 Å². The Kier molecular flexibility index (Phi) is 42.4. The summed E-state index contributed by atoms with van der Waals surface area (Å²) in [5.74, 6) is -1.62. The molecule has 30 heteroatoms. The van der Waals surface area contributed by atoms with Gasteiger partial charge in [0, 0.05) is 114 Å². The molecule has 7 rings (SSSR count). The smallest absolute Gasteiger partial charge is 0.303 e. The van der Waals surface area contributed by atoms with E-state index >= 15 is 0 Å². The van der Waals surface area contributed by atoms with Crippen molar-refractivity contribution < 1.29 is 124 Å². The highest BCUT2D eigenvalue weighted by Crippen LogP contribution is 2.50. The predicted molar refractivity (Wildman–Crippen MR) is 443 cm³/mol. The van der Waals surface area contributed by atoms with Crippen LogP contribution in [0, 0.1) is 22.7 Å². The number of carbonyl (C=O) groups is 9. The van der Waals surface area contributed by atoms with Crippen molar-refractivity contribution >= 4 is 58.8 Å². The number of anilines is 1. The maximum Gasteiger partial charge on any atom is 0.303 e. The lowest BCUT2D eigenvalue weighted by atomic mass is 9.68. The Balaban J connectivity index is 0.841. The highest BCUT2D eigenvalue weighted by molar-refractivity contribution is 6.04. The number of Topliss-reactive ketones (excluding diaryl/α,β-unsaturated/α-hetero) is 2. The van der Waals surface area contributed by atoms with Crippen molar-refractivity contribution in [2.24, 2.45) is 22.7 Å². The minimum Gasteiger partial charge on any atom is -0.497 e. The summed E-state index contributed by atoms with van der Waals surface area (Å²) in [6.45, 7) is 20.3. The second-order valence-corrected chi connectivity index (χ2v) is 31.4. The van der Waals surface area contributed by atoms with Gasteiger partial charge in [-0.15, -0.1) is 0 Å². The van der Waals surface area contributed by atoms with Crippen molar-refractivity contribution in [1.82, 2.24) is 15.5 Å². The van der Waals surface area contributed by atoms with E-state index < -0.39 is 77.2 Å². The number of likely N-dealkylation sites (tertiary alicyclic amines) is 1. The first kappa shape index (κ1) is 98.7. The lowest BCUT2D eigenvalue weighted by Gasteiger charge is -2.44. The van der Waals surface area contributed by atoms with Crippen LogP contribution in [-0.4, -0.2) is 252 Å². The molecule has 666 valence electrons. The number of hydrogen-bond acceptors (Lipinski definition) is 26. The number of unbranched alkanes of at least 4 members (excludes halogenated alkanes) is 5. The molecule has 30 nitrogen and oxygen atoms in total. The Morgan fingerprint density at radius 3 is 1.41 bits per heavy atom. The number of benzene rings is 4. The first-order valence-electron chi connectivity index (χ1n) is 42.1. The van der Waals surface area contributed by atoms with E-state index in [0.29, 0.717) is 95.4 Å². The molecule has 0 radical (unpaired) electrons. The number of ether oxygens (including phenoxy) is 16. The lowest BCUT2D eigenvalue weighted by Crippen LogP contribution is -2.66. The van der Waals surface area contributed by atoms with Gasteiger partial charge < -0.3 is 102 Å². The van der Waals surface area contributed by atoms with Crippen LogP contribution in [0.15, 0.2) is 97.1 Å². The number of nitrogens with zero attached hydrogens (tertiary/aromatic N) is 1. The summed E-state index contributed by atoms with van der Waals surface area (Å²) < 4.78 is 93.1. The maximum atomic E-state index is 14.1. The number of ketones is 2. The van der Waals surface area contributed by atoms with E-state index in [-0.39, 0.29) is 163 Å². The number of aliphatic hydroxyl groups is 1. The molecule has 3 heterocycles. The van der Waals surface area contributed by atoms with E-state index in [1.807, 2.05) is 90.7 Å². The molecule has 3 saturated heterocycles. The number of esters is 3. The normalized spacial score (nSPS) is 22.2. The third-order valence-corrected chi connectivity index (χ3v) is 22.2. The van der Waals surface area contributed by atoms with Crippen LogP contribution in [0.4, 0.5) is 5.69 Å². The number of rotatable bonds is 56. The highest BCUT2D eigenvalue weighted by Gasteiger charge is 2.55. The van der Waals surface area contributed by atoms with Crippen LogP contribution in [0.25, 0.3) is 0 Å². The highest BCUT2D eigenvalue weighted by atomic mass is 16.7. The maximum absolute atomic E-state index is 14.1. The van der Waals surface area contributed by atoms with Crippen molar-refractivity contribution in [3.63, 3.8) is 0 Å². The number of aliphatic hydroxyl groups excluding tert-OH is 1. The molecular weight excluding hydrogens is 1550 g/mol. The van der Waals surface area contributed by atoms with Gasteiger partial charge in [0.15, 0.2) is 36.4 Å². The fourth-order valence-electron chi connectivity index (χ4n) is 15.2. The van der Waals surface area contributed by atoms with Gasteiger partial charge in [-0.05, 0) is 103 Å². The number of hydrogen-bond donors (Lipinski definition) is 4. The molecule has 4 amide bonds. The zero-order chi connectivity index (χ0) is 87.0. The molecule has 0 bridgehead atoms. The van der Waals surface area contributed by atoms with Crippen LogP contribution in [-0.2, 0) is 105 Å². The Morgan fingerprint density at radius 2 is 0.933 bits per heavy atom. The van der Waals surface area contributed by atoms with Gasteiger partial charge in [0.05, 0.1) is 119 Å². The van der Waals surface area contributed by atoms with Gasteiger partial charge in [0.2, 0.25) is 23.6 Å².